The number of amides is 1. The summed E-state index contributed by atoms with van der Waals surface area (Å²) in [5.41, 5.74) is 2.14. The average Bonchev–Trinajstić information content (AvgIpc) is 2.70. The van der Waals surface area contributed by atoms with Crippen LogP contribution in [0.4, 0.5) is 11.4 Å². The highest BCUT2D eigenvalue weighted by Gasteiger charge is 2.31. The smallest absolute Gasteiger partial charge is 0.251 e. The van der Waals surface area contributed by atoms with Gasteiger partial charge in [-0.3, -0.25) is 4.79 Å². The predicted octanol–water partition coefficient (Wildman–Crippen LogP) is 4.75. The number of fused-ring (bicyclic) bond motifs is 1. The summed E-state index contributed by atoms with van der Waals surface area (Å²) in [7, 11) is 0. The zero-order valence-electron chi connectivity index (χ0n) is 10.1. The Balaban J connectivity index is 1.97. The van der Waals surface area contributed by atoms with Gasteiger partial charge in [-0.05, 0) is 36.4 Å². The molecule has 0 fully saturated rings. The van der Waals surface area contributed by atoms with Crippen LogP contribution in [-0.4, -0.2) is 5.91 Å². The number of hydrogen-bond donors (Lipinski definition) is 2. The van der Waals surface area contributed by atoms with Crippen molar-refractivity contribution < 1.29 is 4.79 Å². The maximum absolute atomic E-state index is 12.1. The lowest BCUT2D eigenvalue weighted by Crippen LogP contribution is -2.19. The number of hydrogen-bond acceptors (Lipinski definition) is 2. The summed E-state index contributed by atoms with van der Waals surface area (Å²) in [4.78, 5) is 12.1. The quantitative estimate of drug-likeness (QED) is 0.835. The van der Waals surface area contributed by atoms with Crippen LogP contribution in [0.5, 0.6) is 0 Å². The topological polar surface area (TPSA) is 41.1 Å². The summed E-state index contributed by atoms with van der Waals surface area (Å²) in [5, 5.41) is 7.50. The Labute approximate surface area is 130 Å². The number of anilines is 2. The van der Waals surface area contributed by atoms with E-state index in [4.69, 9.17) is 34.8 Å². The van der Waals surface area contributed by atoms with Crippen molar-refractivity contribution >= 4 is 52.1 Å². The first kappa shape index (κ1) is 13.6. The van der Waals surface area contributed by atoms with Gasteiger partial charge in [-0.1, -0.05) is 34.8 Å². The molecule has 1 atom stereocenters. The van der Waals surface area contributed by atoms with Gasteiger partial charge in [0.25, 0.3) is 5.91 Å². The highest BCUT2D eigenvalue weighted by atomic mass is 35.5. The number of carbonyl (C=O) groups is 1. The minimum absolute atomic E-state index is 0.154. The van der Waals surface area contributed by atoms with Gasteiger partial charge < -0.3 is 10.6 Å². The largest absolute Gasteiger partial charge is 0.369 e. The van der Waals surface area contributed by atoms with Crippen LogP contribution in [0, 0.1) is 0 Å². The zero-order valence-corrected chi connectivity index (χ0v) is 12.4. The minimum Gasteiger partial charge on any atom is -0.369 e. The van der Waals surface area contributed by atoms with Crippen LogP contribution in [0.3, 0.4) is 0 Å². The summed E-state index contributed by atoms with van der Waals surface area (Å²) in [5.74, 6) is -0.154. The van der Waals surface area contributed by atoms with Gasteiger partial charge in [0.2, 0.25) is 0 Å². The van der Waals surface area contributed by atoms with Crippen LogP contribution in [0.25, 0.3) is 0 Å². The second-order valence-corrected chi connectivity index (χ2v) is 5.70. The fraction of sp³-hybridized carbons (Fsp3) is 0.0714. The van der Waals surface area contributed by atoms with Crippen molar-refractivity contribution in [2.24, 2.45) is 0 Å². The predicted molar refractivity (Wildman–Crippen MR) is 82.9 cm³/mol. The molecule has 1 unspecified atom stereocenters. The van der Waals surface area contributed by atoms with Gasteiger partial charge >= 0.3 is 0 Å². The van der Waals surface area contributed by atoms with Crippen LogP contribution in [0.15, 0.2) is 36.4 Å². The average molecular weight is 328 g/mol. The van der Waals surface area contributed by atoms with E-state index in [2.05, 4.69) is 10.6 Å². The molecule has 0 saturated carbocycles. The molecule has 2 aromatic rings. The fourth-order valence-electron chi connectivity index (χ4n) is 2.14. The SMILES string of the molecule is O=C1Nc2ccc(Cl)cc2C1Nc1cc(Cl)ccc1Cl. The summed E-state index contributed by atoms with van der Waals surface area (Å²) in [6.07, 6.45) is 0. The molecule has 0 radical (unpaired) electrons. The van der Waals surface area contributed by atoms with Gasteiger partial charge in [0, 0.05) is 21.3 Å². The number of benzene rings is 2. The monoisotopic (exact) mass is 326 g/mol. The number of halogens is 3. The van der Waals surface area contributed by atoms with Gasteiger partial charge in [-0.25, -0.2) is 0 Å². The first-order valence-corrected chi connectivity index (χ1v) is 7.00. The molecule has 1 aliphatic rings. The summed E-state index contributed by atoms with van der Waals surface area (Å²) >= 11 is 18.0. The van der Waals surface area contributed by atoms with Gasteiger partial charge in [-0.2, -0.15) is 0 Å². The maximum atomic E-state index is 12.1. The van der Waals surface area contributed by atoms with E-state index in [1.54, 1.807) is 36.4 Å². The fourth-order valence-corrected chi connectivity index (χ4v) is 2.66. The summed E-state index contributed by atoms with van der Waals surface area (Å²) in [6.45, 7) is 0. The van der Waals surface area contributed by atoms with E-state index in [1.807, 2.05) is 0 Å². The molecule has 0 aliphatic carbocycles. The van der Waals surface area contributed by atoms with Crippen molar-refractivity contribution in [1.29, 1.82) is 0 Å². The first-order valence-electron chi connectivity index (χ1n) is 5.86. The number of carbonyl (C=O) groups excluding carboxylic acids is 1. The molecule has 0 aromatic heterocycles. The molecule has 1 heterocycles. The van der Waals surface area contributed by atoms with E-state index in [0.29, 0.717) is 20.8 Å². The third-order valence-corrected chi connectivity index (χ3v) is 3.87. The normalized spacial score (nSPS) is 16.8. The van der Waals surface area contributed by atoms with E-state index in [9.17, 15) is 4.79 Å². The standard InChI is InChI=1S/C14H9Cl3N2O/c15-7-2-4-11-9(5-7)13(14(20)19-11)18-12-6-8(16)1-3-10(12)17/h1-6,13,18H,(H,19,20). The van der Waals surface area contributed by atoms with Crippen molar-refractivity contribution in [2.45, 2.75) is 6.04 Å². The molecule has 0 bridgehead atoms. The Kier molecular flexibility index (Phi) is 3.50. The second-order valence-electron chi connectivity index (χ2n) is 4.42. The number of rotatable bonds is 2. The van der Waals surface area contributed by atoms with E-state index in [0.717, 1.165) is 11.3 Å². The van der Waals surface area contributed by atoms with Gasteiger partial charge in [0.05, 0.1) is 10.7 Å². The maximum Gasteiger partial charge on any atom is 0.251 e. The molecule has 0 saturated heterocycles. The van der Waals surface area contributed by atoms with Gasteiger partial charge in [0.15, 0.2) is 0 Å². The Morgan fingerprint density at radius 1 is 1.00 bits per heavy atom. The Morgan fingerprint density at radius 3 is 2.50 bits per heavy atom. The van der Waals surface area contributed by atoms with E-state index in [-0.39, 0.29) is 5.91 Å². The molecule has 20 heavy (non-hydrogen) atoms. The molecule has 3 rings (SSSR count). The van der Waals surface area contributed by atoms with E-state index >= 15 is 0 Å². The lowest BCUT2D eigenvalue weighted by atomic mass is 10.1. The molecule has 6 heteroatoms. The summed E-state index contributed by atoms with van der Waals surface area (Å²) < 4.78 is 0. The van der Waals surface area contributed by atoms with Crippen LogP contribution in [-0.2, 0) is 4.79 Å². The lowest BCUT2D eigenvalue weighted by Gasteiger charge is -2.14. The van der Waals surface area contributed by atoms with E-state index < -0.39 is 6.04 Å². The molecule has 0 spiro atoms. The molecular formula is C14H9Cl3N2O. The zero-order chi connectivity index (χ0) is 14.3. The Bertz CT molecular complexity index is 703. The molecule has 3 nitrogen and oxygen atoms in total. The van der Waals surface area contributed by atoms with Crippen molar-refractivity contribution in [3.05, 3.63) is 57.0 Å². The molecular weight excluding hydrogens is 319 g/mol. The minimum atomic E-state index is -0.542. The van der Waals surface area contributed by atoms with Crippen molar-refractivity contribution in [3.8, 4) is 0 Å². The highest BCUT2D eigenvalue weighted by molar-refractivity contribution is 6.35. The van der Waals surface area contributed by atoms with Crippen LogP contribution < -0.4 is 10.6 Å². The first-order chi connectivity index (χ1) is 9.54. The highest BCUT2D eigenvalue weighted by Crippen LogP contribution is 2.37. The van der Waals surface area contributed by atoms with Gasteiger partial charge in [-0.15, -0.1) is 0 Å². The van der Waals surface area contributed by atoms with Gasteiger partial charge in [0.1, 0.15) is 6.04 Å². The molecule has 1 aliphatic heterocycles. The van der Waals surface area contributed by atoms with Crippen molar-refractivity contribution in [1.82, 2.24) is 0 Å². The lowest BCUT2D eigenvalue weighted by molar-refractivity contribution is -0.116. The third kappa shape index (κ3) is 2.44. The van der Waals surface area contributed by atoms with Crippen LogP contribution in [0.1, 0.15) is 11.6 Å². The molecule has 2 aromatic carbocycles. The molecule has 102 valence electrons. The Morgan fingerprint density at radius 2 is 1.70 bits per heavy atom. The second kappa shape index (κ2) is 5.17. The summed E-state index contributed by atoms with van der Waals surface area (Å²) in [6, 6.07) is 9.77. The van der Waals surface area contributed by atoms with Crippen LogP contribution in [0.2, 0.25) is 15.1 Å². The molecule has 2 N–H and O–H groups in total. The van der Waals surface area contributed by atoms with Crippen molar-refractivity contribution in [3.63, 3.8) is 0 Å². The number of nitrogens with one attached hydrogen (secondary N) is 2. The van der Waals surface area contributed by atoms with E-state index in [1.165, 1.54) is 0 Å². The third-order valence-electron chi connectivity index (χ3n) is 3.07. The molecule has 1 amide bonds. The van der Waals surface area contributed by atoms with Crippen LogP contribution >= 0.6 is 34.8 Å². The Hall–Kier alpha value is -1.42. The van der Waals surface area contributed by atoms with Crippen molar-refractivity contribution in [2.75, 3.05) is 10.6 Å².